The van der Waals surface area contributed by atoms with E-state index in [2.05, 4.69) is 16.8 Å². The van der Waals surface area contributed by atoms with Crippen LogP contribution in [0.5, 0.6) is 0 Å². The molecule has 0 aliphatic carbocycles. The fourth-order valence-corrected chi connectivity index (χ4v) is 0.864. The summed E-state index contributed by atoms with van der Waals surface area (Å²) in [6, 6.07) is 1.67. The van der Waals surface area contributed by atoms with Gasteiger partial charge >= 0.3 is 5.97 Å². The summed E-state index contributed by atoms with van der Waals surface area (Å²) in [5, 5.41) is 17.1. The molecule has 0 aliphatic heterocycles. The summed E-state index contributed by atoms with van der Waals surface area (Å²) in [6.45, 7) is -0.0958. The molecule has 4 nitrogen and oxygen atoms in total. The van der Waals surface area contributed by atoms with E-state index in [9.17, 15) is 4.79 Å². The molecule has 0 spiro atoms. The topological polar surface area (TPSA) is 70.4 Å². The zero-order valence-electron chi connectivity index (χ0n) is 7.40. The average molecular weight is 191 g/mol. The number of aliphatic hydroxyl groups excluding tert-OH is 1. The first kappa shape index (κ1) is 10.2. The van der Waals surface area contributed by atoms with E-state index in [0.29, 0.717) is 11.1 Å². The number of aromatic nitrogens is 1. The molecule has 0 atom stereocenters. The van der Waals surface area contributed by atoms with E-state index in [4.69, 9.17) is 10.2 Å². The van der Waals surface area contributed by atoms with Gasteiger partial charge in [-0.1, -0.05) is 11.8 Å². The molecular weight excluding hydrogens is 182 g/mol. The minimum atomic E-state index is -0.955. The lowest BCUT2D eigenvalue weighted by Gasteiger charge is -1.94. The first-order valence-electron chi connectivity index (χ1n) is 3.98. The molecule has 0 aliphatic rings. The average Bonchev–Trinajstić information content (AvgIpc) is 2.18. The van der Waals surface area contributed by atoms with Gasteiger partial charge in [0, 0.05) is 18.0 Å². The van der Waals surface area contributed by atoms with E-state index in [0.717, 1.165) is 0 Å². The van der Waals surface area contributed by atoms with Crippen LogP contribution < -0.4 is 0 Å². The maximum atomic E-state index is 10.2. The number of carbonyl (C=O) groups is 1. The molecule has 1 rings (SSSR count). The Balaban J connectivity index is 2.74. The minimum absolute atomic E-state index is 0.0958. The van der Waals surface area contributed by atoms with Gasteiger partial charge in [-0.2, -0.15) is 0 Å². The highest BCUT2D eigenvalue weighted by Crippen LogP contribution is 2.00. The van der Waals surface area contributed by atoms with Crippen molar-refractivity contribution in [2.75, 3.05) is 0 Å². The molecule has 72 valence electrons. The molecule has 4 heteroatoms. The van der Waals surface area contributed by atoms with Crippen molar-refractivity contribution in [3.05, 3.63) is 29.6 Å². The van der Waals surface area contributed by atoms with Crippen molar-refractivity contribution in [1.29, 1.82) is 0 Å². The standard InChI is InChI=1S/C10H9NO3/c12-7-9-4-8(5-11-6-9)2-1-3-10(13)14/h4-6,12H,3,7H2,(H,13,14). The molecule has 0 saturated carbocycles. The summed E-state index contributed by atoms with van der Waals surface area (Å²) in [6.07, 6.45) is 2.86. The maximum absolute atomic E-state index is 10.2. The summed E-state index contributed by atoms with van der Waals surface area (Å²) in [5.41, 5.74) is 1.27. The highest BCUT2D eigenvalue weighted by Gasteiger charge is 1.93. The summed E-state index contributed by atoms with van der Waals surface area (Å²) in [7, 11) is 0. The second kappa shape index (κ2) is 5.00. The van der Waals surface area contributed by atoms with Gasteiger partial charge in [0.25, 0.3) is 0 Å². The Morgan fingerprint density at radius 3 is 2.93 bits per heavy atom. The number of aliphatic hydroxyl groups is 1. The number of nitrogens with zero attached hydrogens (tertiary/aromatic N) is 1. The molecular formula is C10H9NO3. The van der Waals surface area contributed by atoms with E-state index >= 15 is 0 Å². The van der Waals surface area contributed by atoms with Crippen molar-refractivity contribution in [2.45, 2.75) is 13.0 Å². The third kappa shape index (κ3) is 3.25. The number of carboxylic acid groups (broad SMARTS) is 1. The predicted molar refractivity (Wildman–Crippen MR) is 49.3 cm³/mol. The Labute approximate surface area is 81.2 Å². The Kier molecular flexibility index (Phi) is 3.65. The SMILES string of the molecule is O=C(O)CC#Cc1cncc(CO)c1. The Morgan fingerprint density at radius 2 is 2.29 bits per heavy atom. The van der Waals surface area contributed by atoms with E-state index in [1.807, 2.05) is 0 Å². The lowest BCUT2D eigenvalue weighted by Crippen LogP contribution is -1.91. The normalized spacial score (nSPS) is 8.93. The van der Waals surface area contributed by atoms with Crippen molar-refractivity contribution in [3.8, 4) is 11.8 Å². The van der Waals surface area contributed by atoms with Gasteiger partial charge in [-0.25, -0.2) is 0 Å². The van der Waals surface area contributed by atoms with Gasteiger partial charge in [-0.3, -0.25) is 9.78 Å². The first-order valence-corrected chi connectivity index (χ1v) is 3.98. The van der Waals surface area contributed by atoms with Crippen LogP contribution in [0.4, 0.5) is 0 Å². The van der Waals surface area contributed by atoms with Gasteiger partial charge < -0.3 is 10.2 Å². The van der Waals surface area contributed by atoms with Gasteiger partial charge in [-0.05, 0) is 11.6 Å². The Hall–Kier alpha value is -1.86. The number of pyridine rings is 1. The van der Waals surface area contributed by atoms with Crippen LogP contribution in [0.3, 0.4) is 0 Å². The quantitative estimate of drug-likeness (QED) is 0.664. The highest BCUT2D eigenvalue weighted by molar-refractivity contribution is 5.70. The Morgan fingerprint density at radius 1 is 1.50 bits per heavy atom. The number of hydrogen-bond acceptors (Lipinski definition) is 3. The number of hydrogen-bond donors (Lipinski definition) is 2. The van der Waals surface area contributed by atoms with E-state index in [1.54, 1.807) is 6.07 Å². The number of aliphatic carboxylic acids is 1. The summed E-state index contributed by atoms with van der Waals surface area (Å²) >= 11 is 0. The summed E-state index contributed by atoms with van der Waals surface area (Å²) < 4.78 is 0. The van der Waals surface area contributed by atoms with Gasteiger partial charge in [-0.15, -0.1) is 0 Å². The molecule has 0 bridgehead atoms. The van der Waals surface area contributed by atoms with Crippen molar-refractivity contribution in [3.63, 3.8) is 0 Å². The van der Waals surface area contributed by atoms with Crippen LogP contribution in [0.1, 0.15) is 17.5 Å². The van der Waals surface area contributed by atoms with E-state index in [1.165, 1.54) is 12.4 Å². The van der Waals surface area contributed by atoms with Crippen LogP contribution in [-0.2, 0) is 11.4 Å². The van der Waals surface area contributed by atoms with Crippen molar-refractivity contribution >= 4 is 5.97 Å². The van der Waals surface area contributed by atoms with Gasteiger partial charge in [0.2, 0.25) is 0 Å². The number of rotatable bonds is 2. The van der Waals surface area contributed by atoms with Crippen LogP contribution in [0, 0.1) is 11.8 Å². The molecule has 0 saturated heterocycles. The van der Waals surface area contributed by atoms with E-state index in [-0.39, 0.29) is 13.0 Å². The van der Waals surface area contributed by atoms with E-state index < -0.39 is 5.97 Å². The zero-order valence-corrected chi connectivity index (χ0v) is 7.40. The summed E-state index contributed by atoms with van der Waals surface area (Å²) in [4.78, 5) is 14.0. The van der Waals surface area contributed by atoms with Crippen LogP contribution in [0.2, 0.25) is 0 Å². The van der Waals surface area contributed by atoms with Crippen molar-refractivity contribution in [2.24, 2.45) is 0 Å². The van der Waals surface area contributed by atoms with Crippen LogP contribution in [-0.4, -0.2) is 21.2 Å². The smallest absolute Gasteiger partial charge is 0.315 e. The predicted octanol–water partition coefficient (Wildman–Crippen LogP) is 0.400. The first-order chi connectivity index (χ1) is 6.72. The second-order valence-electron chi connectivity index (χ2n) is 2.61. The highest BCUT2D eigenvalue weighted by atomic mass is 16.4. The Bertz CT molecular complexity index is 390. The fourth-order valence-electron chi connectivity index (χ4n) is 0.864. The lowest BCUT2D eigenvalue weighted by molar-refractivity contribution is -0.135. The third-order valence-corrected chi connectivity index (χ3v) is 1.45. The molecule has 1 aromatic rings. The van der Waals surface area contributed by atoms with Crippen LogP contribution in [0.15, 0.2) is 18.5 Å². The maximum Gasteiger partial charge on any atom is 0.315 e. The molecule has 0 fully saturated rings. The van der Waals surface area contributed by atoms with Gasteiger partial charge in [0.15, 0.2) is 0 Å². The van der Waals surface area contributed by atoms with Gasteiger partial charge in [0.1, 0.15) is 6.42 Å². The third-order valence-electron chi connectivity index (χ3n) is 1.45. The minimum Gasteiger partial charge on any atom is -0.481 e. The molecule has 1 aromatic heterocycles. The van der Waals surface area contributed by atoms with Crippen molar-refractivity contribution in [1.82, 2.24) is 4.98 Å². The van der Waals surface area contributed by atoms with Gasteiger partial charge in [0.05, 0.1) is 6.61 Å². The fraction of sp³-hybridized carbons (Fsp3) is 0.200. The second-order valence-corrected chi connectivity index (χ2v) is 2.61. The van der Waals surface area contributed by atoms with Crippen molar-refractivity contribution < 1.29 is 15.0 Å². The number of carboxylic acids is 1. The molecule has 0 amide bonds. The lowest BCUT2D eigenvalue weighted by atomic mass is 10.2. The van der Waals surface area contributed by atoms with Crippen LogP contribution >= 0.6 is 0 Å². The molecule has 2 N–H and O–H groups in total. The molecule has 14 heavy (non-hydrogen) atoms. The monoisotopic (exact) mass is 191 g/mol. The molecule has 1 heterocycles. The molecule has 0 aromatic carbocycles. The summed E-state index contributed by atoms with van der Waals surface area (Å²) in [5.74, 6) is 4.17. The zero-order chi connectivity index (χ0) is 10.4. The van der Waals surface area contributed by atoms with Crippen LogP contribution in [0.25, 0.3) is 0 Å². The molecule has 0 radical (unpaired) electrons. The largest absolute Gasteiger partial charge is 0.481 e. The molecule has 0 unspecified atom stereocenters.